The Bertz CT molecular complexity index is 977. The molecule has 1 aromatic heterocycles. The maximum atomic E-state index is 12.0. The smallest absolute Gasteiger partial charge is 0.253 e. The summed E-state index contributed by atoms with van der Waals surface area (Å²) in [6.45, 7) is 0.950. The molecule has 3 aromatic rings. The van der Waals surface area contributed by atoms with Gasteiger partial charge in [-0.2, -0.15) is 0 Å². The summed E-state index contributed by atoms with van der Waals surface area (Å²) < 4.78 is 5.21. The van der Waals surface area contributed by atoms with E-state index in [0.717, 1.165) is 16.9 Å². The number of anilines is 2. The molecule has 0 unspecified atom stereocenters. The van der Waals surface area contributed by atoms with Crippen molar-refractivity contribution in [3.63, 3.8) is 0 Å². The average molecular weight is 380 g/mol. The van der Waals surface area contributed by atoms with Crippen molar-refractivity contribution in [1.29, 1.82) is 0 Å². The van der Waals surface area contributed by atoms with Crippen molar-refractivity contribution >= 4 is 11.4 Å². The van der Waals surface area contributed by atoms with Gasteiger partial charge in [0.2, 0.25) is 0 Å². The van der Waals surface area contributed by atoms with Gasteiger partial charge in [-0.25, -0.2) is 0 Å². The third-order valence-corrected chi connectivity index (χ3v) is 4.73. The van der Waals surface area contributed by atoms with Gasteiger partial charge in [0.25, 0.3) is 10.9 Å². The third kappa shape index (κ3) is 4.20. The number of hydrogen-bond acceptors (Lipinski definition) is 7. The zero-order valence-electron chi connectivity index (χ0n) is 16.2. The first-order valence-electron chi connectivity index (χ1n) is 9.01. The minimum Gasteiger partial charge on any atom is -0.497 e. The SMILES string of the molecule is COc1ccc([C@H](CNc2c(NCc3ccncc3)c(=O)c2=O)N(C)C)cc1. The van der Waals surface area contributed by atoms with Crippen LogP contribution in [0.1, 0.15) is 17.2 Å². The van der Waals surface area contributed by atoms with Crippen LogP contribution in [0.2, 0.25) is 0 Å². The number of hydrogen-bond donors (Lipinski definition) is 2. The lowest BCUT2D eigenvalue weighted by Crippen LogP contribution is -2.39. The lowest BCUT2D eigenvalue weighted by Gasteiger charge is -2.26. The molecule has 0 aliphatic heterocycles. The second-order valence-corrected chi connectivity index (χ2v) is 6.75. The first-order chi connectivity index (χ1) is 13.5. The lowest BCUT2D eigenvalue weighted by atomic mass is 10.0. The fraction of sp³-hybridized carbons (Fsp3) is 0.286. The van der Waals surface area contributed by atoms with Crippen LogP contribution in [0.5, 0.6) is 5.75 Å². The van der Waals surface area contributed by atoms with Gasteiger partial charge in [-0.15, -0.1) is 0 Å². The van der Waals surface area contributed by atoms with Crippen LogP contribution in [0.4, 0.5) is 11.4 Å². The van der Waals surface area contributed by atoms with Gasteiger partial charge in [0.15, 0.2) is 0 Å². The molecule has 0 bridgehead atoms. The molecule has 1 atom stereocenters. The van der Waals surface area contributed by atoms with Gasteiger partial charge in [-0.05, 0) is 49.5 Å². The van der Waals surface area contributed by atoms with Crippen LogP contribution < -0.4 is 26.2 Å². The normalized spacial score (nSPS) is 12.1. The molecular formula is C21H24N4O3. The molecule has 0 saturated heterocycles. The quantitative estimate of drug-likeness (QED) is 0.550. The van der Waals surface area contributed by atoms with E-state index in [0.29, 0.717) is 24.5 Å². The molecule has 0 saturated carbocycles. The number of likely N-dealkylation sites (N-methyl/N-ethyl adjacent to an activating group) is 1. The zero-order chi connectivity index (χ0) is 20.1. The van der Waals surface area contributed by atoms with E-state index in [4.69, 9.17) is 4.74 Å². The summed E-state index contributed by atoms with van der Waals surface area (Å²) in [5.74, 6) is 0.791. The first kappa shape index (κ1) is 19.6. The van der Waals surface area contributed by atoms with Gasteiger partial charge in [0.05, 0.1) is 13.2 Å². The number of ether oxygens (including phenoxy) is 1. The molecule has 0 aliphatic carbocycles. The Kier molecular flexibility index (Phi) is 6.06. The molecule has 0 radical (unpaired) electrons. The van der Waals surface area contributed by atoms with E-state index in [1.165, 1.54) is 0 Å². The molecule has 2 aromatic carbocycles. The summed E-state index contributed by atoms with van der Waals surface area (Å²) in [7, 11) is 5.58. The molecule has 3 rings (SSSR count). The van der Waals surface area contributed by atoms with E-state index in [-0.39, 0.29) is 6.04 Å². The van der Waals surface area contributed by atoms with E-state index < -0.39 is 10.9 Å². The Morgan fingerprint density at radius 3 is 2.14 bits per heavy atom. The lowest BCUT2D eigenvalue weighted by molar-refractivity contribution is 0.311. The van der Waals surface area contributed by atoms with Crippen molar-refractivity contribution < 1.29 is 4.74 Å². The van der Waals surface area contributed by atoms with Gasteiger partial charge in [0.1, 0.15) is 17.1 Å². The summed E-state index contributed by atoms with van der Waals surface area (Å²) in [5.41, 5.74) is 1.79. The van der Waals surface area contributed by atoms with E-state index in [9.17, 15) is 9.59 Å². The first-order valence-corrected chi connectivity index (χ1v) is 9.01. The Morgan fingerprint density at radius 1 is 0.964 bits per heavy atom. The number of aromatic nitrogens is 1. The van der Waals surface area contributed by atoms with Crippen LogP contribution >= 0.6 is 0 Å². The molecule has 0 spiro atoms. The van der Waals surface area contributed by atoms with Gasteiger partial charge in [-0.3, -0.25) is 14.6 Å². The number of nitrogens with zero attached hydrogens (tertiary/aromatic N) is 2. The standard InChI is InChI=1S/C21H24N4O3/c1-25(2)17(15-4-6-16(28-3)7-5-15)13-24-19-18(20(26)21(19)27)23-12-14-8-10-22-11-9-14/h4-11,17,23-24H,12-13H2,1-3H3/t17-/m0/s1. The number of methoxy groups -OCH3 is 1. The van der Waals surface area contributed by atoms with Crippen LogP contribution in [0, 0.1) is 0 Å². The third-order valence-electron chi connectivity index (χ3n) is 4.73. The van der Waals surface area contributed by atoms with Crippen LogP contribution in [0.25, 0.3) is 0 Å². The van der Waals surface area contributed by atoms with E-state index >= 15 is 0 Å². The molecule has 7 nitrogen and oxygen atoms in total. The largest absolute Gasteiger partial charge is 0.497 e. The van der Waals surface area contributed by atoms with Gasteiger partial charge >= 0.3 is 0 Å². The molecule has 1 heterocycles. The minimum atomic E-state index is -0.484. The van der Waals surface area contributed by atoms with Crippen molar-refractivity contribution in [3.05, 3.63) is 80.4 Å². The minimum absolute atomic E-state index is 0.0309. The molecule has 0 aliphatic rings. The highest BCUT2D eigenvalue weighted by Crippen LogP contribution is 2.23. The Labute approximate surface area is 163 Å². The summed E-state index contributed by atoms with van der Waals surface area (Å²) in [4.78, 5) is 30.0. The Morgan fingerprint density at radius 2 is 1.57 bits per heavy atom. The van der Waals surface area contributed by atoms with Crippen LogP contribution in [0.3, 0.4) is 0 Å². The fourth-order valence-electron chi connectivity index (χ4n) is 3.04. The molecule has 7 heteroatoms. The summed E-state index contributed by atoms with van der Waals surface area (Å²) in [6, 6.07) is 11.6. The second-order valence-electron chi connectivity index (χ2n) is 6.75. The predicted molar refractivity (Wildman–Crippen MR) is 111 cm³/mol. The number of rotatable bonds is 9. The number of benzene rings is 1. The second kappa shape index (κ2) is 8.67. The van der Waals surface area contributed by atoms with E-state index in [2.05, 4.69) is 20.5 Å². The van der Waals surface area contributed by atoms with Gasteiger partial charge in [-0.1, -0.05) is 12.1 Å². The maximum Gasteiger partial charge on any atom is 0.253 e. The molecular weight excluding hydrogens is 356 g/mol. The predicted octanol–water partition coefficient (Wildman–Crippen LogP) is 2.01. The maximum absolute atomic E-state index is 12.0. The van der Waals surface area contributed by atoms with E-state index in [1.54, 1.807) is 19.5 Å². The topological polar surface area (TPSA) is 83.6 Å². The summed E-state index contributed by atoms with van der Waals surface area (Å²) in [5, 5.41) is 6.22. The monoisotopic (exact) mass is 380 g/mol. The number of nitrogens with one attached hydrogen (secondary N) is 2. The van der Waals surface area contributed by atoms with Crippen LogP contribution in [0.15, 0.2) is 58.4 Å². The highest BCUT2D eigenvalue weighted by molar-refractivity contribution is 5.74. The van der Waals surface area contributed by atoms with Crippen molar-refractivity contribution in [1.82, 2.24) is 9.88 Å². The number of pyridine rings is 1. The van der Waals surface area contributed by atoms with Crippen molar-refractivity contribution in [2.24, 2.45) is 0 Å². The van der Waals surface area contributed by atoms with Crippen molar-refractivity contribution in [3.8, 4) is 5.75 Å². The Hall–Kier alpha value is -3.19. The molecule has 146 valence electrons. The zero-order valence-corrected chi connectivity index (χ0v) is 16.2. The Balaban J connectivity index is 1.69. The average Bonchev–Trinajstić information content (AvgIpc) is 2.73. The molecule has 0 amide bonds. The molecule has 2 N–H and O–H groups in total. The van der Waals surface area contributed by atoms with Crippen molar-refractivity contribution in [2.45, 2.75) is 12.6 Å². The van der Waals surface area contributed by atoms with Crippen LogP contribution in [-0.2, 0) is 6.54 Å². The van der Waals surface area contributed by atoms with Crippen LogP contribution in [-0.4, -0.2) is 37.6 Å². The molecule has 28 heavy (non-hydrogen) atoms. The molecule has 0 fully saturated rings. The van der Waals surface area contributed by atoms with Gasteiger partial charge in [0, 0.05) is 25.5 Å². The summed E-state index contributed by atoms with van der Waals surface area (Å²) in [6.07, 6.45) is 3.38. The van der Waals surface area contributed by atoms with E-state index in [1.807, 2.05) is 50.5 Å². The van der Waals surface area contributed by atoms with Crippen molar-refractivity contribution in [2.75, 3.05) is 38.4 Å². The summed E-state index contributed by atoms with van der Waals surface area (Å²) >= 11 is 0. The highest BCUT2D eigenvalue weighted by atomic mass is 16.5. The fourth-order valence-corrected chi connectivity index (χ4v) is 3.04. The van der Waals surface area contributed by atoms with Gasteiger partial charge < -0.3 is 20.3 Å². The highest BCUT2D eigenvalue weighted by Gasteiger charge is 2.22.